The van der Waals surface area contributed by atoms with Crippen LogP contribution in [0.2, 0.25) is 0 Å². The summed E-state index contributed by atoms with van der Waals surface area (Å²) in [6.07, 6.45) is 1.75. The predicted octanol–water partition coefficient (Wildman–Crippen LogP) is 4.36. The third kappa shape index (κ3) is 5.03. The third-order valence-electron chi connectivity index (χ3n) is 5.20. The minimum atomic E-state index is -3.53. The summed E-state index contributed by atoms with van der Waals surface area (Å²) >= 11 is 1.57. The van der Waals surface area contributed by atoms with Gasteiger partial charge < -0.3 is 5.32 Å². The molecule has 1 fully saturated rings. The SMILES string of the molecule is Cc1ccc(-c2nc(C)c(C(C)NC(=O)c3ccc(S(=O)(=O)NC4CC4)cc3)s2)cc1. The van der Waals surface area contributed by atoms with Crippen molar-refractivity contribution in [2.75, 3.05) is 0 Å². The molecule has 0 saturated heterocycles. The van der Waals surface area contributed by atoms with Crippen molar-refractivity contribution < 1.29 is 13.2 Å². The molecular formula is C23H25N3O3S2. The molecule has 31 heavy (non-hydrogen) atoms. The topological polar surface area (TPSA) is 88.2 Å². The molecule has 162 valence electrons. The van der Waals surface area contributed by atoms with E-state index in [1.54, 1.807) is 23.5 Å². The number of thiazole rings is 1. The molecule has 1 aliphatic rings. The van der Waals surface area contributed by atoms with E-state index in [-0.39, 0.29) is 22.9 Å². The first-order valence-electron chi connectivity index (χ1n) is 10.2. The number of hydrogen-bond acceptors (Lipinski definition) is 5. The van der Waals surface area contributed by atoms with Crippen molar-refractivity contribution >= 4 is 27.3 Å². The summed E-state index contributed by atoms with van der Waals surface area (Å²) in [6.45, 7) is 5.92. The van der Waals surface area contributed by atoms with Crippen molar-refractivity contribution in [2.45, 2.75) is 50.6 Å². The summed E-state index contributed by atoms with van der Waals surface area (Å²) in [7, 11) is -3.53. The van der Waals surface area contributed by atoms with Crippen LogP contribution in [0.25, 0.3) is 10.6 Å². The molecule has 3 aromatic rings. The molecule has 1 saturated carbocycles. The van der Waals surface area contributed by atoms with Crippen LogP contribution in [0.5, 0.6) is 0 Å². The zero-order valence-electron chi connectivity index (χ0n) is 17.7. The maximum absolute atomic E-state index is 12.7. The number of amides is 1. The standard InChI is InChI=1S/C23H25N3O3S2/c1-14-4-6-18(7-5-14)23-25-16(3)21(30-23)15(2)24-22(27)17-8-12-20(13-9-17)31(28,29)26-19-10-11-19/h4-9,12-13,15,19,26H,10-11H2,1-3H3,(H,24,27). The van der Waals surface area contributed by atoms with Gasteiger partial charge in [-0.25, -0.2) is 18.1 Å². The van der Waals surface area contributed by atoms with Crippen LogP contribution in [0.15, 0.2) is 53.4 Å². The van der Waals surface area contributed by atoms with E-state index in [0.717, 1.165) is 34.0 Å². The highest BCUT2D eigenvalue weighted by molar-refractivity contribution is 7.89. The third-order valence-corrected chi connectivity index (χ3v) is 8.12. The van der Waals surface area contributed by atoms with Crippen molar-refractivity contribution in [3.8, 4) is 10.6 Å². The zero-order chi connectivity index (χ0) is 22.2. The molecule has 1 amide bonds. The minimum Gasteiger partial charge on any atom is -0.345 e. The van der Waals surface area contributed by atoms with E-state index in [4.69, 9.17) is 0 Å². The smallest absolute Gasteiger partial charge is 0.251 e. The average Bonchev–Trinajstić information content (AvgIpc) is 3.45. The molecule has 1 heterocycles. The molecule has 1 aromatic heterocycles. The Hall–Kier alpha value is -2.55. The molecule has 1 unspecified atom stereocenters. The monoisotopic (exact) mass is 455 g/mol. The summed E-state index contributed by atoms with van der Waals surface area (Å²) in [4.78, 5) is 18.6. The van der Waals surface area contributed by atoms with Crippen molar-refractivity contribution in [1.82, 2.24) is 15.0 Å². The summed E-state index contributed by atoms with van der Waals surface area (Å²) in [5.74, 6) is -0.253. The van der Waals surface area contributed by atoms with Gasteiger partial charge in [0.15, 0.2) is 0 Å². The zero-order valence-corrected chi connectivity index (χ0v) is 19.3. The lowest BCUT2D eigenvalue weighted by Crippen LogP contribution is -2.27. The van der Waals surface area contributed by atoms with Crippen LogP contribution in [0.4, 0.5) is 0 Å². The molecule has 6 nitrogen and oxygen atoms in total. The molecule has 4 rings (SSSR count). The van der Waals surface area contributed by atoms with Crippen LogP contribution in [-0.2, 0) is 10.0 Å². The Balaban J connectivity index is 1.45. The largest absolute Gasteiger partial charge is 0.345 e. The number of rotatable bonds is 7. The van der Waals surface area contributed by atoms with Crippen LogP contribution in [0, 0.1) is 13.8 Å². The van der Waals surface area contributed by atoms with Crippen LogP contribution < -0.4 is 10.0 Å². The second kappa shape index (κ2) is 8.53. The van der Waals surface area contributed by atoms with E-state index in [0.29, 0.717) is 5.56 Å². The Kier molecular flexibility index (Phi) is 5.96. The van der Waals surface area contributed by atoms with Crippen molar-refractivity contribution in [1.29, 1.82) is 0 Å². The maximum Gasteiger partial charge on any atom is 0.251 e. The van der Waals surface area contributed by atoms with Gasteiger partial charge in [-0.15, -0.1) is 11.3 Å². The van der Waals surface area contributed by atoms with Crippen molar-refractivity contribution in [2.24, 2.45) is 0 Å². The van der Waals surface area contributed by atoms with E-state index in [2.05, 4.69) is 27.2 Å². The van der Waals surface area contributed by atoms with Crippen molar-refractivity contribution in [3.05, 3.63) is 70.2 Å². The fourth-order valence-electron chi connectivity index (χ4n) is 3.25. The molecule has 2 N–H and O–H groups in total. The van der Waals surface area contributed by atoms with Gasteiger partial charge in [0.2, 0.25) is 10.0 Å². The first-order valence-corrected chi connectivity index (χ1v) is 12.5. The van der Waals surface area contributed by atoms with E-state index in [1.165, 1.54) is 17.7 Å². The summed E-state index contributed by atoms with van der Waals surface area (Å²) in [6, 6.07) is 14.1. The van der Waals surface area contributed by atoms with Gasteiger partial charge in [0.25, 0.3) is 5.91 Å². The number of aromatic nitrogens is 1. The molecule has 0 spiro atoms. The van der Waals surface area contributed by atoms with E-state index >= 15 is 0 Å². The number of nitrogens with zero attached hydrogens (tertiary/aromatic N) is 1. The number of aryl methyl sites for hydroxylation is 2. The van der Waals surface area contributed by atoms with Gasteiger partial charge in [-0.1, -0.05) is 29.8 Å². The first kappa shape index (κ1) is 21.7. The quantitative estimate of drug-likeness (QED) is 0.554. The van der Waals surface area contributed by atoms with Gasteiger partial charge >= 0.3 is 0 Å². The normalized spacial score (nSPS) is 14.9. The number of sulfonamides is 1. The van der Waals surface area contributed by atoms with Crippen LogP contribution >= 0.6 is 11.3 Å². The van der Waals surface area contributed by atoms with Crippen LogP contribution in [-0.4, -0.2) is 25.4 Å². The predicted molar refractivity (Wildman–Crippen MR) is 123 cm³/mol. The maximum atomic E-state index is 12.7. The van der Waals surface area contributed by atoms with Gasteiger partial charge in [0.1, 0.15) is 5.01 Å². The Labute approximate surface area is 186 Å². The number of carbonyl (C=O) groups excluding carboxylic acids is 1. The molecule has 0 bridgehead atoms. The van der Waals surface area contributed by atoms with Gasteiger partial charge in [0.05, 0.1) is 21.5 Å². The summed E-state index contributed by atoms with van der Waals surface area (Å²) in [5.41, 5.74) is 3.55. The van der Waals surface area contributed by atoms with Gasteiger partial charge in [-0.2, -0.15) is 0 Å². The van der Waals surface area contributed by atoms with Gasteiger partial charge in [-0.3, -0.25) is 4.79 Å². The number of benzene rings is 2. The molecule has 2 aromatic carbocycles. The number of nitrogens with one attached hydrogen (secondary N) is 2. The Bertz CT molecular complexity index is 1200. The second-order valence-corrected chi connectivity index (χ2v) is 10.7. The minimum absolute atomic E-state index is 0.0428. The average molecular weight is 456 g/mol. The summed E-state index contributed by atoms with van der Waals surface area (Å²) < 4.78 is 27.2. The Morgan fingerprint density at radius 2 is 1.71 bits per heavy atom. The molecule has 0 radical (unpaired) electrons. The van der Waals surface area contributed by atoms with E-state index in [9.17, 15) is 13.2 Å². The lowest BCUT2D eigenvalue weighted by Gasteiger charge is -2.13. The van der Waals surface area contributed by atoms with E-state index in [1.807, 2.05) is 32.9 Å². The van der Waals surface area contributed by atoms with E-state index < -0.39 is 10.0 Å². The van der Waals surface area contributed by atoms with Crippen molar-refractivity contribution in [3.63, 3.8) is 0 Å². The number of carbonyl (C=O) groups is 1. The number of hydrogen-bond donors (Lipinski definition) is 2. The highest BCUT2D eigenvalue weighted by Gasteiger charge is 2.28. The molecule has 8 heteroatoms. The highest BCUT2D eigenvalue weighted by Crippen LogP contribution is 2.32. The van der Waals surface area contributed by atoms with Gasteiger partial charge in [-0.05, 0) is 57.9 Å². The second-order valence-electron chi connectivity index (χ2n) is 7.95. The molecule has 1 aliphatic carbocycles. The fourth-order valence-corrected chi connectivity index (χ4v) is 5.63. The van der Waals surface area contributed by atoms with Crippen LogP contribution in [0.1, 0.15) is 52.3 Å². The lowest BCUT2D eigenvalue weighted by molar-refractivity contribution is 0.0940. The van der Waals surface area contributed by atoms with Gasteiger partial charge in [0, 0.05) is 17.2 Å². The molecule has 0 aliphatic heterocycles. The first-order chi connectivity index (χ1) is 14.7. The molecular weight excluding hydrogens is 430 g/mol. The Morgan fingerprint density at radius 3 is 2.32 bits per heavy atom. The fraction of sp³-hybridized carbons (Fsp3) is 0.304. The van der Waals surface area contributed by atoms with Crippen LogP contribution in [0.3, 0.4) is 0 Å². The lowest BCUT2D eigenvalue weighted by atomic mass is 10.1. The molecule has 1 atom stereocenters. The summed E-state index contributed by atoms with van der Waals surface area (Å²) in [5, 5.41) is 3.92. The highest BCUT2D eigenvalue weighted by atomic mass is 32.2. The Morgan fingerprint density at radius 1 is 1.06 bits per heavy atom.